The zero-order valence-electron chi connectivity index (χ0n) is 13.1. The number of nitrogens with one attached hydrogen (secondary N) is 1. The van der Waals surface area contributed by atoms with Crippen LogP contribution in [0.15, 0.2) is 54.6 Å². The van der Waals surface area contributed by atoms with Crippen molar-refractivity contribution in [2.75, 3.05) is 0 Å². The lowest BCUT2D eigenvalue weighted by atomic mass is 9.69. The summed E-state index contributed by atoms with van der Waals surface area (Å²) in [6, 6.07) is 16.5. The fraction of sp³-hybridized carbons (Fsp3) is 0.316. The standard InChI is InChI=1S/C19H21NO3/c1-13(14-6-5-9-16(21)10-14)18(23)20-19(11-17(22)12-19)15-7-3-2-4-8-15/h2-10,13,17,21-22H,11-12H2,1H3,(H,20,23). The van der Waals surface area contributed by atoms with Crippen LogP contribution in [-0.4, -0.2) is 22.2 Å². The number of carbonyl (C=O) groups excluding carboxylic acids is 1. The van der Waals surface area contributed by atoms with Gasteiger partial charge in [-0.2, -0.15) is 0 Å². The van der Waals surface area contributed by atoms with Gasteiger partial charge < -0.3 is 15.5 Å². The lowest BCUT2D eigenvalue weighted by Crippen LogP contribution is -2.57. The van der Waals surface area contributed by atoms with Gasteiger partial charge in [0, 0.05) is 12.8 Å². The van der Waals surface area contributed by atoms with Crippen LogP contribution in [0.1, 0.15) is 36.8 Å². The van der Waals surface area contributed by atoms with Gasteiger partial charge in [0.05, 0.1) is 17.6 Å². The van der Waals surface area contributed by atoms with E-state index in [4.69, 9.17) is 0 Å². The second-order valence-electron chi connectivity index (χ2n) is 6.32. The average Bonchev–Trinajstić information content (AvgIpc) is 2.53. The van der Waals surface area contributed by atoms with Crippen molar-refractivity contribution in [1.82, 2.24) is 5.32 Å². The number of aliphatic hydroxyl groups is 1. The Bertz CT molecular complexity index is 693. The number of benzene rings is 2. The van der Waals surface area contributed by atoms with Crippen LogP contribution in [0.5, 0.6) is 5.75 Å². The largest absolute Gasteiger partial charge is 0.508 e. The third-order valence-electron chi connectivity index (χ3n) is 4.62. The van der Waals surface area contributed by atoms with Crippen molar-refractivity contribution in [2.24, 2.45) is 0 Å². The van der Waals surface area contributed by atoms with Crippen LogP contribution in [0.25, 0.3) is 0 Å². The van der Waals surface area contributed by atoms with E-state index in [1.165, 1.54) is 0 Å². The van der Waals surface area contributed by atoms with E-state index < -0.39 is 5.54 Å². The van der Waals surface area contributed by atoms with E-state index in [1.54, 1.807) is 18.2 Å². The zero-order chi connectivity index (χ0) is 16.4. The van der Waals surface area contributed by atoms with Gasteiger partial charge in [0.25, 0.3) is 0 Å². The monoisotopic (exact) mass is 311 g/mol. The first-order valence-electron chi connectivity index (χ1n) is 7.85. The first-order chi connectivity index (χ1) is 11.0. The van der Waals surface area contributed by atoms with Crippen molar-refractivity contribution < 1.29 is 15.0 Å². The molecule has 1 aliphatic rings. The number of phenols is 1. The van der Waals surface area contributed by atoms with Crippen LogP contribution in [0, 0.1) is 0 Å². The summed E-state index contributed by atoms with van der Waals surface area (Å²) in [6.07, 6.45) is 0.664. The van der Waals surface area contributed by atoms with E-state index in [1.807, 2.05) is 43.3 Å². The molecule has 1 amide bonds. The minimum atomic E-state index is -0.497. The maximum absolute atomic E-state index is 12.7. The van der Waals surface area contributed by atoms with E-state index >= 15 is 0 Å². The minimum Gasteiger partial charge on any atom is -0.508 e. The number of aliphatic hydroxyl groups excluding tert-OH is 1. The van der Waals surface area contributed by atoms with Gasteiger partial charge in [0.15, 0.2) is 0 Å². The molecule has 3 N–H and O–H groups in total. The molecule has 0 radical (unpaired) electrons. The molecule has 1 saturated carbocycles. The lowest BCUT2D eigenvalue weighted by molar-refractivity contribution is -0.127. The normalized spacial score (nSPS) is 24.5. The van der Waals surface area contributed by atoms with Crippen LogP contribution >= 0.6 is 0 Å². The number of hydrogen-bond donors (Lipinski definition) is 3. The van der Waals surface area contributed by atoms with Crippen LogP contribution in [-0.2, 0) is 10.3 Å². The highest BCUT2D eigenvalue weighted by atomic mass is 16.3. The maximum Gasteiger partial charge on any atom is 0.227 e. The van der Waals surface area contributed by atoms with Gasteiger partial charge in [-0.05, 0) is 30.2 Å². The molecule has 0 bridgehead atoms. The summed E-state index contributed by atoms with van der Waals surface area (Å²) in [5.74, 6) is -0.328. The highest BCUT2D eigenvalue weighted by molar-refractivity contribution is 5.84. The molecule has 0 aromatic heterocycles. The summed E-state index contributed by atoms with van der Waals surface area (Å²) in [4.78, 5) is 12.7. The van der Waals surface area contributed by atoms with E-state index in [0.717, 1.165) is 11.1 Å². The molecule has 1 fully saturated rings. The predicted molar refractivity (Wildman–Crippen MR) is 88.0 cm³/mol. The smallest absolute Gasteiger partial charge is 0.227 e. The fourth-order valence-corrected chi connectivity index (χ4v) is 3.20. The van der Waals surface area contributed by atoms with Gasteiger partial charge in [-0.25, -0.2) is 0 Å². The van der Waals surface area contributed by atoms with Crippen molar-refractivity contribution in [3.8, 4) is 5.75 Å². The molecule has 0 saturated heterocycles. The second kappa shape index (κ2) is 6.05. The fourth-order valence-electron chi connectivity index (χ4n) is 3.20. The van der Waals surface area contributed by atoms with Crippen LogP contribution in [0.2, 0.25) is 0 Å². The number of rotatable bonds is 4. The Kier molecular flexibility index (Phi) is 4.09. The van der Waals surface area contributed by atoms with Gasteiger partial charge >= 0.3 is 0 Å². The topological polar surface area (TPSA) is 69.6 Å². The van der Waals surface area contributed by atoms with Gasteiger partial charge in [-0.3, -0.25) is 4.79 Å². The van der Waals surface area contributed by atoms with Gasteiger partial charge in [0.2, 0.25) is 5.91 Å². The Morgan fingerprint density at radius 3 is 2.48 bits per heavy atom. The molecule has 0 heterocycles. The minimum absolute atomic E-state index is 0.105. The molecular formula is C19H21NO3. The molecule has 2 aromatic rings. The summed E-state index contributed by atoms with van der Waals surface area (Å²) >= 11 is 0. The van der Waals surface area contributed by atoms with Crippen LogP contribution < -0.4 is 5.32 Å². The molecule has 1 atom stereocenters. The van der Waals surface area contributed by atoms with E-state index in [2.05, 4.69) is 5.32 Å². The number of amides is 1. The van der Waals surface area contributed by atoms with Gasteiger partial charge in [0.1, 0.15) is 5.75 Å². The molecule has 4 heteroatoms. The first-order valence-corrected chi connectivity index (χ1v) is 7.85. The molecule has 120 valence electrons. The van der Waals surface area contributed by atoms with Crippen molar-refractivity contribution in [3.63, 3.8) is 0 Å². The Morgan fingerprint density at radius 2 is 1.87 bits per heavy atom. The third-order valence-corrected chi connectivity index (χ3v) is 4.62. The van der Waals surface area contributed by atoms with E-state index in [-0.39, 0.29) is 23.7 Å². The van der Waals surface area contributed by atoms with E-state index in [0.29, 0.717) is 12.8 Å². The molecule has 0 aliphatic heterocycles. The predicted octanol–water partition coefficient (Wildman–Crippen LogP) is 2.66. The van der Waals surface area contributed by atoms with Gasteiger partial charge in [-0.15, -0.1) is 0 Å². The number of phenolic OH excluding ortho intramolecular Hbond substituents is 1. The quantitative estimate of drug-likeness (QED) is 0.813. The Labute approximate surface area is 135 Å². The summed E-state index contributed by atoms with van der Waals surface area (Å²) in [5, 5.41) is 22.5. The highest BCUT2D eigenvalue weighted by Crippen LogP contribution is 2.42. The summed E-state index contributed by atoms with van der Waals surface area (Å²) in [6.45, 7) is 1.82. The molecule has 2 aromatic carbocycles. The number of aromatic hydroxyl groups is 1. The van der Waals surface area contributed by atoms with Crippen LogP contribution in [0.4, 0.5) is 0 Å². The van der Waals surface area contributed by atoms with Crippen LogP contribution in [0.3, 0.4) is 0 Å². The van der Waals surface area contributed by atoms with Crippen molar-refractivity contribution in [1.29, 1.82) is 0 Å². The highest BCUT2D eigenvalue weighted by Gasteiger charge is 2.46. The van der Waals surface area contributed by atoms with Gasteiger partial charge in [-0.1, -0.05) is 42.5 Å². The van der Waals surface area contributed by atoms with E-state index in [9.17, 15) is 15.0 Å². The second-order valence-corrected chi connectivity index (χ2v) is 6.32. The number of carbonyl (C=O) groups is 1. The maximum atomic E-state index is 12.7. The molecule has 1 unspecified atom stereocenters. The summed E-state index contributed by atoms with van der Waals surface area (Å²) < 4.78 is 0. The van der Waals surface area contributed by atoms with Crippen molar-refractivity contribution in [2.45, 2.75) is 37.3 Å². The Hall–Kier alpha value is -2.33. The van der Waals surface area contributed by atoms with Crippen molar-refractivity contribution >= 4 is 5.91 Å². The Balaban J connectivity index is 1.80. The van der Waals surface area contributed by atoms with Crippen molar-refractivity contribution in [3.05, 3.63) is 65.7 Å². The first kappa shape index (κ1) is 15.6. The zero-order valence-corrected chi connectivity index (χ0v) is 13.1. The molecule has 0 spiro atoms. The molecule has 3 rings (SSSR count). The molecular weight excluding hydrogens is 290 g/mol. The Morgan fingerprint density at radius 1 is 1.17 bits per heavy atom. The molecule has 4 nitrogen and oxygen atoms in total. The third kappa shape index (κ3) is 3.08. The average molecular weight is 311 g/mol. The summed E-state index contributed by atoms with van der Waals surface area (Å²) in [7, 11) is 0. The molecule has 23 heavy (non-hydrogen) atoms. The SMILES string of the molecule is CC(C(=O)NC1(c2ccccc2)CC(O)C1)c1cccc(O)c1. The molecule has 1 aliphatic carbocycles. The summed E-state index contributed by atoms with van der Waals surface area (Å²) in [5.41, 5.74) is 1.29. The number of hydrogen-bond acceptors (Lipinski definition) is 3. The lowest BCUT2D eigenvalue weighted by Gasteiger charge is -2.47.